The number of nitrogens with one attached hydrogen (secondary N) is 1. The highest BCUT2D eigenvalue weighted by atomic mass is 19.2. The number of fused-ring (bicyclic) bond motifs is 2. The van der Waals surface area contributed by atoms with Crippen molar-refractivity contribution in [2.24, 2.45) is 5.73 Å². The molecule has 0 spiro atoms. The number of hydrogen-bond acceptors (Lipinski definition) is 8. The number of amides is 2. The summed E-state index contributed by atoms with van der Waals surface area (Å²) in [6.45, 7) is 0.839. The first-order valence-corrected chi connectivity index (χ1v) is 15.7. The number of methoxy groups -OCH3 is 2. The quantitative estimate of drug-likeness (QED) is 0.193. The lowest BCUT2D eigenvalue weighted by Crippen LogP contribution is -2.43. The van der Waals surface area contributed by atoms with Gasteiger partial charge in [-0.3, -0.25) is 9.59 Å². The van der Waals surface area contributed by atoms with Gasteiger partial charge in [0.25, 0.3) is 5.91 Å². The number of pyridine rings is 1. The minimum Gasteiger partial charge on any atom is -0.494 e. The summed E-state index contributed by atoms with van der Waals surface area (Å²) in [5, 5.41) is 20.1. The van der Waals surface area contributed by atoms with Crippen LogP contribution in [0.1, 0.15) is 46.9 Å². The Balaban J connectivity index is 1.33. The van der Waals surface area contributed by atoms with Crippen LogP contribution in [0.2, 0.25) is 0 Å². The summed E-state index contributed by atoms with van der Waals surface area (Å²) in [4.78, 5) is 31.1. The van der Waals surface area contributed by atoms with E-state index >= 15 is 4.39 Å². The van der Waals surface area contributed by atoms with E-state index in [0.29, 0.717) is 23.7 Å². The molecule has 3 aromatic carbocycles. The van der Waals surface area contributed by atoms with Gasteiger partial charge in [-0.1, -0.05) is 30.3 Å². The molecule has 50 heavy (non-hydrogen) atoms. The smallest absolute Gasteiger partial charge is 0.251 e. The number of carbonyl (C=O) groups is 2. The van der Waals surface area contributed by atoms with Crippen molar-refractivity contribution in [1.29, 1.82) is 0 Å². The molecule has 7 rings (SSSR count). The Bertz CT molecular complexity index is 2190. The molecule has 2 aliphatic rings. The van der Waals surface area contributed by atoms with Crippen LogP contribution in [0.25, 0.3) is 22.2 Å². The minimum atomic E-state index is -2.10. The first kappa shape index (κ1) is 32.9. The Morgan fingerprint density at radius 1 is 1.06 bits per heavy atom. The standard InChI is InChI=1S/C36H32F3N5O6/c1-34(33(40)46)18-50-31-23(34)14-28(42-30(31)22-13-25(38)26(48-2)15-24(22)37)36(47,21-7-5-4-6-8-21)17-41-32(45)19-11-20-16-44(35(39)9-10-35)43-29(20)27(12-19)49-3/h4-8,11-16,47H,9-10,17-18H2,1-3H3,(H2,40,46)(H,41,45)/t34-,36+/m0/s1. The van der Waals surface area contributed by atoms with Gasteiger partial charge in [-0.15, -0.1) is 0 Å². The molecule has 5 aromatic rings. The average molecular weight is 688 g/mol. The van der Waals surface area contributed by atoms with Crippen molar-refractivity contribution < 1.29 is 42.1 Å². The molecule has 0 radical (unpaired) electrons. The maximum absolute atomic E-state index is 15.6. The molecule has 2 atom stereocenters. The van der Waals surface area contributed by atoms with Crippen molar-refractivity contribution in [1.82, 2.24) is 20.1 Å². The zero-order chi connectivity index (χ0) is 35.6. The fourth-order valence-corrected chi connectivity index (χ4v) is 6.14. The van der Waals surface area contributed by atoms with Crippen LogP contribution in [-0.4, -0.2) is 59.1 Å². The minimum absolute atomic E-state index is 0.0137. The predicted octanol–water partition coefficient (Wildman–Crippen LogP) is 4.61. The monoisotopic (exact) mass is 687 g/mol. The Morgan fingerprint density at radius 2 is 1.78 bits per heavy atom. The second-order valence-electron chi connectivity index (χ2n) is 12.7. The number of benzene rings is 3. The van der Waals surface area contributed by atoms with Crippen molar-refractivity contribution in [3.05, 3.63) is 101 Å². The highest BCUT2D eigenvalue weighted by Crippen LogP contribution is 2.48. The number of halogens is 3. The van der Waals surface area contributed by atoms with E-state index in [9.17, 15) is 23.5 Å². The number of hydrogen-bond donors (Lipinski definition) is 3. The zero-order valence-corrected chi connectivity index (χ0v) is 27.2. The lowest BCUT2D eigenvalue weighted by Gasteiger charge is -2.30. The van der Waals surface area contributed by atoms with Crippen molar-refractivity contribution >= 4 is 22.7 Å². The van der Waals surface area contributed by atoms with Crippen molar-refractivity contribution in [3.8, 4) is 28.5 Å². The molecule has 1 aliphatic heterocycles. The van der Waals surface area contributed by atoms with E-state index in [4.69, 9.17) is 19.9 Å². The molecule has 2 amide bonds. The van der Waals surface area contributed by atoms with Gasteiger partial charge in [-0.05, 0) is 36.8 Å². The van der Waals surface area contributed by atoms with Crippen LogP contribution >= 0.6 is 0 Å². The van der Waals surface area contributed by atoms with Gasteiger partial charge in [0.05, 0.1) is 26.5 Å². The summed E-state index contributed by atoms with van der Waals surface area (Å²) < 4.78 is 62.8. The Labute approximate surface area is 283 Å². The van der Waals surface area contributed by atoms with Crippen LogP contribution in [-0.2, 0) is 21.6 Å². The van der Waals surface area contributed by atoms with E-state index in [1.165, 1.54) is 50.2 Å². The summed E-state index contributed by atoms with van der Waals surface area (Å²) in [5.41, 5.74) is 2.63. The van der Waals surface area contributed by atoms with Crippen LogP contribution in [0.3, 0.4) is 0 Å². The number of primary amides is 1. The van der Waals surface area contributed by atoms with Crippen LogP contribution in [0.15, 0.2) is 66.9 Å². The first-order valence-electron chi connectivity index (χ1n) is 15.7. The van der Waals surface area contributed by atoms with Crippen LogP contribution < -0.4 is 25.3 Å². The third-order valence-corrected chi connectivity index (χ3v) is 9.42. The maximum Gasteiger partial charge on any atom is 0.251 e. The molecule has 0 unspecified atom stereocenters. The maximum atomic E-state index is 15.6. The van der Waals surface area contributed by atoms with Gasteiger partial charge in [0.1, 0.15) is 46.1 Å². The number of alkyl halides is 1. The number of nitrogens with zero attached hydrogens (tertiary/aromatic N) is 3. The molecule has 0 bridgehead atoms. The van der Waals surface area contributed by atoms with E-state index in [1.807, 2.05) is 0 Å². The second-order valence-corrected chi connectivity index (χ2v) is 12.7. The lowest BCUT2D eigenvalue weighted by atomic mass is 9.80. The number of aromatic nitrogens is 3. The number of carbonyl (C=O) groups excluding carboxylic acids is 2. The highest BCUT2D eigenvalue weighted by Gasteiger charge is 2.47. The molecule has 1 aliphatic carbocycles. The summed E-state index contributed by atoms with van der Waals surface area (Å²) in [6, 6.07) is 14.4. The molecular formula is C36H32F3N5O6. The van der Waals surface area contributed by atoms with E-state index in [0.717, 1.165) is 12.1 Å². The van der Waals surface area contributed by atoms with Crippen molar-refractivity contribution in [2.45, 2.75) is 36.6 Å². The number of ether oxygens (including phenoxy) is 3. The Hall–Kier alpha value is -5.63. The molecule has 1 saturated carbocycles. The van der Waals surface area contributed by atoms with E-state index in [1.54, 1.807) is 30.3 Å². The summed E-state index contributed by atoms with van der Waals surface area (Å²) in [6.07, 6.45) is 2.17. The molecule has 14 heteroatoms. The lowest BCUT2D eigenvalue weighted by molar-refractivity contribution is -0.123. The van der Waals surface area contributed by atoms with Crippen molar-refractivity contribution in [2.75, 3.05) is 27.4 Å². The first-order chi connectivity index (χ1) is 23.8. The van der Waals surface area contributed by atoms with E-state index < -0.39 is 46.8 Å². The summed E-state index contributed by atoms with van der Waals surface area (Å²) >= 11 is 0. The van der Waals surface area contributed by atoms with Gasteiger partial charge in [0, 0.05) is 47.2 Å². The van der Waals surface area contributed by atoms with Gasteiger partial charge in [0.2, 0.25) is 11.7 Å². The molecular weight excluding hydrogens is 655 g/mol. The van der Waals surface area contributed by atoms with Crippen LogP contribution in [0, 0.1) is 11.6 Å². The summed E-state index contributed by atoms with van der Waals surface area (Å²) in [5.74, 6) is -4.85. The number of rotatable bonds is 10. The fraction of sp³-hybridized carbons (Fsp3) is 0.278. The molecule has 2 aromatic heterocycles. The van der Waals surface area contributed by atoms with E-state index in [2.05, 4.69) is 15.4 Å². The highest BCUT2D eigenvalue weighted by molar-refractivity contribution is 6.00. The number of aliphatic hydroxyl groups is 1. The SMILES string of the molecule is COc1cc(F)c(-c2nc([C@@](O)(CNC(=O)c3cc(OC)c4nn(C5(F)CC5)cc4c3)c3ccccc3)cc3c2OC[C@]3(C)C(N)=O)cc1F. The third kappa shape index (κ3) is 5.26. The van der Waals surface area contributed by atoms with E-state index in [-0.39, 0.29) is 57.5 Å². The van der Waals surface area contributed by atoms with Crippen LogP contribution in [0.4, 0.5) is 13.2 Å². The molecule has 4 N–H and O–H groups in total. The largest absolute Gasteiger partial charge is 0.494 e. The zero-order valence-electron chi connectivity index (χ0n) is 27.2. The Morgan fingerprint density at radius 3 is 2.44 bits per heavy atom. The summed E-state index contributed by atoms with van der Waals surface area (Å²) in [7, 11) is 2.60. The predicted molar refractivity (Wildman–Crippen MR) is 175 cm³/mol. The Kier molecular flexibility index (Phi) is 7.74. The second kappa shape index (κ2) is 11.8. The molecule has 0 saturated heterocycles. The average Bonchev–Trinajstić information content (AvgIpc) is 3.55. The van der Waals surface area contributed by atoms with Gasteiger partial charge in [0.15, 0.2) is 11.6 Å². The van der Waals surface area contributed by atoms with Gasteiger partial charge >= 0.3 is 0 Å². The van der Waals surface area contributed by atoms with Crippen LogP contribution in [0.5, 0.6) is 17.2 Å². The van der Waals surface area contributed by atoms with Gasteiger partial charge < -0.3 is 30.4 Å². The normalized spacial score (nSPS) is 18.5. The molecule has 1 fully saturated rings. The topological polar surface area (TPSA) is 151 Å². The molecule has 11 nitrogen and oxygen atoms in total. The molecule has 3 heterocycles. The van der Waals surface area contributed by atoms with Gasteiger partial charge in [-0.2, -0.15) is 5.10 Å². The number of nitrogens with two attached hydrogens (primary N) is 1. The fourth-order valence-electron chi connectivity index (χ4n) is 6.14. The molecule has 258 valence electrons. The third-order valence-electron chi connectivity index (χ3n) is 9.42. The van der Waals surface area contributed by atoms with Gasteiger partial charge in [-0.25, -0.2) is 22.8 Å². The van der Waals surface area contributed by atoms with Crippen molar-refractivity contribution in [3.63, 3.8) is 0 Å².